The molecule has 11 heteroatoms. The number of aryl methyl sites for hydroxylation is 1. The summed E-state index contributed by atoms with van der Waals surface area (Å²) in [5, 5.41) is 3.07. The number of nitrogens with one attached hydrogen (secondary N) is 1. The predicted octanol–water partition coefficient (Wildman–Crippen LogP) is 3.81. The van der Waals surface area contributed by atoms with Gasteiger partial charge in [-0.05, 0) is 60.7 Å². The van der Waals surface area contributed by atoms with Gasteiger partial charge in [0, 0.05) is 39.8 Å². The van der Waals surface area contributed by atoms with Gasteiger partial charge in [-0.25, -0.2) is 0 Å². The third-order valence-electron chi connectivity index (χ3n) is 7.86. The summed E-state index contributed by atoms with van der Waals surface area (Å²) in [5.74, 6) is 1.12. The number of piperidine rings is 1. The molecule has 1 fully saturated rings. The van der Waals surface area contributed by atoms with Crippen molar-refractivity contribution in [2.75, 3.05) is 47.0 Å². The fourth-order valence-corrected chi connectivity index (χ4v) is 5.53. The van der Waals surface area contributed by atoms with Crippen molar-refractivity contribution in [1.29, 1.82) is 0 Å². The number of methoxy groups -OCH3 is 2. The second-order valence-corrected chi connectivity index (χ2v) is 11.0. The zero-order chi connectivity index (χ0) is 30.9. The first-order valence-corrected chi connectivity index (χ1v) is 14.9. The summed E-state index contributed by atoms with van der Waals surface area (Å²) < 4.78 is 28.4. The lowest BCUT2D eigenvalue weighted by atomic mass is 10.0. The molecule has 0 radical (unpaired) electrons. The van der Waals surface area contributed by atoms with Crippen LogP contribution in [0, 0.1) is 0 Å². The molecule has 11 nitrogen and oxygen atoms in total. The third-order valence-corrected chi connectivity index (χ3v) is 7.86. The van der Waals surface area contributed by atoms with E-state index in [0.29, 0.717) is 61.8 Å². The lowest BCUT2D eigenvalue weighted by Gasteiger charge is -2.39. The minimum Gasteiger partial charge on any atom is -0.493 e. The van der Waals surface area contributed by atoms with Gasteiger partial charge in [0.25, 0.3) is 5.91 Å². The van der Waals surface area contributed by atoms with Crippen molar-refractivity contribution < 1.29 is 37.7 Å². The van der Waals surface area contributed by atoms with Crippen LogP contribution < -0.4 is 14.8 Å². The topological polar surface area (TPSA) is 120 Å². The molecule has 3 amide bonds. The van der Waals surface area contributed by atoms with Crippen LogP contribution in [0.15, 0.2) is 65.5 Å². The molecular formula is C33H39N3O8. The number of amides is 3. The van der Waals surface area contributed by atoms with E-state index in [0.717, 1.165) is 11.1 Å². The maximum Gasteiger partial charge on any atom is 0.257 e. The van der Waals surface area contributed by atoms with Crippen LogP contribution >= 0.6 is 0 Å². The lowest BCUT2D eigenvalue weighted by Crippen LogP contribution is -2.58. The molecule has 234 valence electrons. The number of carbonyl (C=O) groups excluding carboxylic acids is 3. The molecule has 3 aromatic rings. The fraction of sp³-hybridized carbons (Fsp3) is 0.424. The Balaban J connectivity index is 1.41. The number of ether oxygens (including phenoxy) is 4. The average Bonchev–Trinajstić information content (AvgIpc) is 3.58. The molecular weight excluding hydrogens is 566 g/mol. The molecule has 4 bridgehead atoms. The average molecular weight is 606 g/mol. The van der Waals surface area contributed by atoms with Gasteiger partial charge in [0.2, 0.25) is 11.8 Å². The van der Waals surface area contributed by atoms with Gasteiger partial charge in [-0.1, -0.05) is 18.2 Å². The van der Waals surface area contributed by atoms with Gasteiger partial charge in [-0.3, -0.25) is 14.4 Å². The van der Waals surface area contributed by atoms with Crippen LogP contribution in [0.4, 0.5) is 0 Å². The first kappa shape index (κ1) is 31.1. The molecule has 2 aromatic carbocycles. The van der Waals surface area contributed by atoms with E-state index < -0.39 is 6.04 Å². The smallest absolute Gasteiger partial charge is 0.257 e. The fourth-order valence-electron chi connectivity index (χ4n) is 5.53. The highest BCUT2D eigenvalue weighted by Crippen LogP contribution is 2.33. The molecule has 44 heavy (non-hydrogen) atoms. The van der Waals surface area contributed by atoms with Crippen molar-refractivity contribution in [2.24, 2.45) is 0 Å². The minimum absolute atomic E-state index is 0.112. The van der Waals surface area contributed by atoms with E-state index in [-0.39, 0.29) is 49.9 Å². The standard InChI is InChI=1S/C33H39N3O8/c1-40-15-4-13-35-20-31(37)34-27-19-36(33(39)25-12-16-42-22-25)14-11-28(27)43-21-24-5-3-6-26(17-24)44-29-9-7-23(8-10-32(35)38)18-30(29)41-2/h3,5-7,9,12,16-18,22,27-28H,4,8,10-11,13-15,19-21H2,1-2H3,(H,34,37)/t27-,28+/m0/s1. The highest BCUT2D eigenvalue weighted by Gasteiger charge is 2.34. The number of rotatable bonds is 6. The zero-order valence-electron chi connectivity index (χ0n) is 25.2. The summed E-state index contributed by atoms with van der Waals surface area (Å²) in [7, 11) is 3.18. The van der Waals surface area contributed by atoms with Gasteiger partial charge in [0.1, 0.15) is 12.0 Å². The van der Waals surface area contributed by atoms with Crippen LogP contribution in [0.2, 0.25) is 0 Å². The quantitative estimate of drug-likeness (QED) is 0.422. The second kappa shape index (κ2) is 14.9. The number of likely N-dealkylation sites (tertiary alicyclic amines) is 1. The SMILES string of the molecule is COCCCN1CC(=O)N[C@H]2CN(C(=O)c3ccoc3)CC[C@H]2OCc2cccc(c2)Oc2ccc(cc2OC)CCC1=O. The van der Waals surface area contributed by atoms with Crippen molar-refractivity contribution >= 4 is 17.7 Å². The number of hydrogen-bond acceptors (Lipinski definition) is 8. The number of fused-ring (bicyclic) bond motifs is 9. The van der Waals surface area contributed by atoms with E-state index in [2.05, 4.69) is 5.32 Å². The molecule has 2 atom stereocenters. The Hall–Kier alpha value is -4.35. The largest absolute Gasteiger partial charge is 0.493 e. The molecule has 0 unspecified atom stereocenters. The van der Waals surface area contributed by atoms with E-state index in [1.165, 1.54) is 12.5 Å². The molecule has 3 aliphatic heterocycles. The molecule has 0 saturated carbocycles. The maximum atomic E-state index is 13.4. The van der Waals surface area contributed by atoms with Gasteiger partial charge in [0.15, 0.2) is 11.5 Å². The number of hydrogen-bond donors (Lipinski definition) is 1. The Morgan fingerprint density at radius 2 is 1.95 bits per heavy atom. The second-order valence-electron chi connectivity index (χ2n) is 11.0. The summed E-state index contributed by atoms with van der Waals surface area (Å²) >= 11 is 0. The van der Waals surface area contributed by atoms with Crippen LogP contribution in [0.25, 0.3) is 0 Å². The number of furan rings is 1. The Bertz CT molecular complexity index is 1430. The van der Waals surface area contributed by atoms with Gasteiger partial charge in [-0.2, -0.15) is 0 Å². The summed E-state index contributed by atoms with van der Waals surface area (Å²) in [5.41, 5.74) is 2.26. The first-order chi connectivity index (χ1) is 21.4. The van der Waals surface area contributed by atoms with Gasteiger partial charge in [-0.15, -0.1) is 0 Å². The Morgan fingerprint density at radius 3 is 2.75 bits per heavy atom. The van der Waals surface area contributed by atoms with Crippen LogP contribution in [0.3, 0.4) is 0 Å². The van der Waals surface area contributed by atoms with Crippen molar-refractivity contribution in [2.45, 2.75) is 44.4 Å². The molecule has 0 aliphatic carbocycles. The molecule has 1 aromatic heterocycles. The van der Waals surface area contributed by atoms with Crippen molar-refractivity contribution in [3.05, 3.63) is 77.7 Å². The molecule has 1 N–H and O–H groups in total. The summed E-state index contributed by atoms with van der Waals surface area (Å²) in [6.07, 6.45) is 4.31. The lowest BCUT2D eigenvalue weighted by molar-refractivity contribution is -0.137. The van der Waals surface area contributed by atoms with Crippen molar-refractivity contribution in [1.82, 2.24) is 15.1 Å². The van der Waals surface area contributed by atoms with E-state index in [4.69, 9.17) is 23.4 Å². The number of carbonyl (C=O) groups is 3. The van der Waals surface area contributed by atoms with Gasteiger partial charge < -0.3 is 38.5 Å². The van der Waals surface area contributed by atoms with E-state index in [1.54, 1.807) is 30.1 Å². The van der Waals surface area contributed by atoms with Crippen LogP contribution in [0.1, 0.15) is 40.7 Å². The normalized spacial score (nSPS) is 19.7. The van der Waals surface area contributed by atoms with E-state index in [9.17, 15) is 14.4 Å². The Kier molecular flexibility index (Phi) is 10.5. The van der Waals surface area contributed by atoms with Crippen molar-refractivity contribution in [3.8, 4) is 17.2 Å². The van der Waals surface area contributed by atoms with E-state index in [1.807, 2.05) is 42.5 Å². The summed E-state index contributed by atoms with van der Waals surface area (Å²) in [6, 6.07) is 14.4. The van der Waals surface area contributed by atoms with Gasteiger partial charge >= 0.3 is 0 Å². The number of benzene rings is 2. The van der Waals surface area contributed by atoms with Crippen LogP contribution in [0.5, 0.6) is 17.2 Å². The summed E-state index contributed by atoms with van der Waals surface area (Å²) in [4.78, 5) is 43.2. The molecule has 1 saturated heterocycles. The molecule has 6 rings (SSSR count). The van der Waals surface area contributed by atoms with Crippen molar-refractivity contribution in [3.63, 3.8) is 0 Å². The maximum absolute atomic E-state index is 13.4. The van der Waals surface area contributed by atoms with E-state index >= 15 is 0 Å². The Morgan fingerprint density at radius 1 is 1.07 bits per heavy atom. The van der Waals surface area contributed by atoms with Crippen LogP contribution in [-0.4, -0.2) is 86.7 Å². The molecule has 3 aliphatic rings. The highest BCUT2D eigenvalue weighted by molar-refractivity contribution is 5.94. The number of nitrogens with zero attached hydrogens (tertiary/aromatic N) is 2. The van der Waals surface area contributed by atoms with Gasteiger partial charge in [0.05, 0.1) is 44.2 Å². The highest BCUT2D eigenvalue weighted by atomic mass is 16.5. The zero-order valence-corrected chi connectivity index (χ0v) is 25.2. The molecule has 0 spiro atoms. The third kappa shape index (κ3) is 7.97. The first-order valence-electron chi connectivity index (χ1n) is 14.9. The Labute approximate surface area is 257 Å². The monoisotopic (exact) mass is 605 g/mol. The minimum atomic E-state index is -0.482. The molecule has 4 heterocycles. The summed E-state index contributed by atoms with van der Waals surface area (Å²) in [6.45, 7) is 1.73. The predicted molar refractivity (Wildman–Crippen MR) is 161 cm³/mol. The van der Waals surface area contributed by atoms with Crippen LogP contribution in [-0.2, 0) is 32.1 Å².